The number of rotatable bonds is 2. The van der Waals surface area contributed by atoms with E-state index >= 15 is 0 Å². The van der Waals surface area contributed by atoms with Gasteiger partial charge in [-0.1, -0.05) is 66.7 Å². The van der Waals surface area contributed by atoms with E-state index in [0.717, 1.165) is 22.9 Å². The van der Waals surface area contributed by atoms with Crippen molar-refractivity contribution < 1.29 is 4.79 Å². The minimum atomic E-state index is -0.0720. The van der Waals surface area contributed by atoms with Crippen molar-refractivity contribution in [1.29, 1.82) is 0 Å². The fourth-order valence-electron chi connectivity index (χ4n) is 3.84. The topological polar surface area (TPSA) is 29.1 Å². The minimum Gasteiger partial charge on any atom is -0.322 e. The molecule has 1 amide bonds. The summed E-state index contributed by atoms with van der Waals surface area (Å²) in [5.41, 5.74) is 6.72. The minimum absolute atomic E-state index is 0.0720. The molecule has 4 aromatic carbocycles. The van der Waals surface area contributed by atoms with Crippen molar-refractivity contribution in [3.63, 3.8) is 0 Å². The fraction of sp³-hybridized carbons (Fsp3) is 0.0417. The highest BCUT2D eigenvalue weighted by Crippen LogP contribution is 2.37. The zero-order valence-corrected chi connectivity index (χ0v) is 14.2. The number of hydrogen-bond acceptors (Lipinski definition) is 1. The Hall–Kier alpha value is -3.39. The summed E-state index contributed by atoms with van der Waals surface area (Å²) < 4.78 is 0. The van der Waals surface area contributed by atoms with Crippen LogP contribution in [0.15, 0.2) is 84.9 Å². The number of nitrogens with one attached hydrogen (secondary N) is 1. The Morgan fingerprint density at radius 2 is 1.50 bits per heavy atom. The van der Waals surface area contributed by atoms with Crippen molar-refractivity contribution in [3.05, 3.63) is 102 Å². The molecule has 0 atom stereocenters. The maximum Gasteiger partial charge on any atom is 0.256 e. The molecule has 1 aliphatic rings. The summed E-state index contributed by atoms with van der Waals surface area (Å²) in [5.74, 6) is -0.0720. The highest BCUT2D eigenvalue weighted by Gasteiger charge is 2.18. The van der Waals surface area contributed by atoms with Crippen LogP contribution in [0.2, 0.25) is 0 Å². The van der Waals surface area contributed by atoms with Gasteiger partial charge in [0.25, 0.3) is 5.91 Å². The van der Waals surface area contributed by atoms with Crippen LogP contribution in [0.5, 0.6) is 0 Å². The molecule has 0 saturated heterocycles. The SMILES string of the molecule is O=C(Nc1ccc2c(c1)Cc1ccccc1-2)c1cccc2ccccc12. The largest absolute Gasteiger partial charge is 0.322 e. The second kappa shape index (κ2) is 5.85. The smallest absolute Gasteiger partial charge is 0.256 e. The summed E-state index contributed by atoms with van der Waals surface area (Å²) in [5, 5.41) is 5.11. The van der Waals surface area contributed by atoms with E-state index in [0.29, 0.717) is 5.56 Å². The van der Waals surface area contributed by atoms with Crippen LogP contribution in [0.3, 0.4) is 0 Å². The number of benzene rings is 4. The van der Waals surface area contributed by atoms with Crippen molar-refractivity contribution >= 4 is 22.4 Å². The number of fused-ring (bicyclic) bond motifs is 4. The zero-order chi connectivity index (χ0) is 17.5. The van der Waals surface area contributed by atoms with E-state index in [1.165, 1.54) is 22.3 Å². The normalized spacial score (nSPS) is 11.8. The number of anilines is 1. The Bertz CT molecular complexity index is 1150. The van der Waals surface area contributed by atoms with Gasteiger partial charge in [0, 0.05) is 11.3 Å². The van der Waals surface area contributed by atoms with Gasteiger partial charge in [-0.15, -0.1) is 0 Å². The summed E-state index contributed by atoms with van der Waals surface area (Å²) in [7, 11) is 0. The average Bonchev–Trinajstić information content (AvgIpc) is 3.05. The van der Waals surface area contributed by atoms with E-state index < -0.39 is 0 Å². The van der Waals surface area contributed by atoms with Crippen LogP contribution >= 0.6 is 0 Å². The maximum atomic E-state index is 12.8. The van der Waals surface area contributed by atoms with Crippen LogP contribution < -0.4 is 5.32 Å². The van der Waals surface area contributed by atoms with Crippen LogP contribution in [0.4, 0.5) is 5.69 Å². The number of carbonyl (C=O) groups is 1. The van der Waals surface area contributed by atoms with Gasteiger partial charge in [-0.25, -0.2) is 0 Å². The van der Waals surface area contributed by atoms with Crippen LogP contribution in [0.1, 0.15) is 21.5 Å². The summed E-state index contributed by atoms with van der Waals surface area (Å²) >= 11 is 0. The number of hydrogen-bond donors (Lipinski definition) is 1. The monoisotopic (exact) mass is 335 g/mol. The highest BCUT2D eigenvalue weighted by molar-refractivity contribution is 6.13. The van der Waals surface area contributed by atoms with E-state index in [1.54, 1.807) is 0 Å². The predicted octanol–water partition coefficient (Wildman–Crippen LogP) is 5.66. The molecule has 1 N–H and O–H groups in total. The molecule has 0 heterocycles. The molecule has 124 valence electrons. The number of amides is 1. The van der Waals surface area contributed by atoms with Gasteiger partial charge in [-0.05, 0) is 57.6 Å². The molecular weight excluding hydrogens is 318 g/mol. The van der Waals surface area contributed by atoms with E-state index in [9.17, 15) is 4.79 Å². The number of carbonyl (C=O) groups excluding carboxylic acids is 1. The molecule has 0 bridgehead atoms. The van der Waals surface area contributed by atoms with E-state index in [1.807, 2.05) is 48.5 Å². The van der Waals surface area contributed by atoms with Gasteiger partial charge in [-0.3, -0.25) is 4.79 Å². The van der Waals surface area contributed by atoms with E-state index in [-0.39, 0.29) is 5.91 Å². The van der Waals surface area contributed by atoms with Gasteiger partial charge >= 0.3 is 0 Å². The molecule has 0 radical (unpaired) electrons. The first kappa shape index (κ1) is 14.9. The van der Waals surface area contributed by atoms with Gasteiger partial charge in [0.15, 0.2) is 0 Å². The predicted molar refractivity (Wildman–Crippen MR) is 107 cm³/mol. The van der Waals surface area contributed by atoms with E-state index in [4.69, 9.17) is 0 Å². The van der Waals surface area contributed by atoms with Gasteiger partial charge in [0.2, 0.25) is 0 Å². The van der Waals surface area contributed by atoms with Crippen LogP contribution in [-0.4, -0.2) is 5.91 Å². The molecule has 0 aliphatic heterocycles. The molecule has 2 heteroatoms. The first-order chi connectivity index (χ1) is 12.8. The Kier molecular flexibility index (Phi) is 3.36. The van der Waals surface area contributed by atoms with Crippen LogP contribution in [-0.2, 0) is 6.42 Å². The Balaban J connectivity index is 1.47. The lowest BCUT2D eigenvalue weighted by Crippen LogP contribution is -2.12. The van der Waals surface area contributed by atoms with Crippen molar-refractivity contribution in [2.45, 2.75) is 6.42 Å². The van der Waals surface area contributed by atoms with Crippen molar-refractivity contribution in [1.82, 2.24) is 0 Å². The molecule has 0 unspecified atom stereocenters. The Morgan fingerprint density at radius 3 is 2.46 bits per heavy atom. The molecular formula is C24H17NO. The zero-order valence-electron chi connectivity index (χ0n) is 14.2. The molecule has 0 aromatic heterocycles. The third-order valence-electron chi connectivity index (χ3n) is 5.09. The highest BCUT2D eigenvalue weighted by atomic mass is 16.1. The average molecular weight is 335 g/mol. The lowest BCUT2D eigenvalue weighted by atomic mass is 10.0. The van der Waals surface area contributed by atoms with Gasteiger partial charge < -0.3 is 5.32 Å². The molecule has 26 heavy (non-hydrogen) atoms. The van der Waals surface area contributed by atoms with Crippen molar-refractivity contribution in [2.75, 3.05) is 5.32 Å². The van der Waals surface area contributed by atoms with Crippen LogP contribution in [0.25, 0.3) is 21.9 Å². The van der Waals surface area contributed by atoms with Gasteiger partial charge in [0.05, 0.1) is 0 Å². The first-order valence-corrected chi connectivity index (χ1v) is 8.80. The molecule has 1 aliphatic carbocycles. The standard InChI is InChI=1S/C24H17NO/c26-24(23-11-5-8-16-6-1-3-9-20(16)23)25-19-12-13-22-18(15-19)14-17-7-2-4-10-21(17)22/h1-13,15H,14H2,(H,25,26). The Morgan fingerprint density at radius 1 is 0.731 bits per heavy atom. The first-order valence-electron chi connectivity index (χ1n) is 8.80. The van der Waals surface area contributed by atoms with E-state index in [2.05, 4.69) is 41.7 Å². The molecule has 0 spiro atoms. The lowest BCUT2D eigenvalue weighted by Gasteiger charge is -2.10. The van der Waals surface area contributed by atoms with Gasteiger partial charge in [0.1, 0.15) is 0 Å². The maximum absolute atomic E-state index is 12.8. The molecule has 2 nitrogen and oxygen atoms in total. The van der Waals surface area contributed by atoms with Crippen molar-refractivity contribution in [3.8, 4) is 11.1 Å². The summed E-state index contributed by atoms with van der Waals surface area (Å²) in [6, 6.07) is 28.5. The third-order valence-corrected chi connectivity index (χ3v) is 5.09. The third kappa shape index (κ3) is 2.39. The summed E-state index contributed by atoms with van der Waals surface area (Å²) in [6.07, 6.45) is 0.920. The molecule has 4 aromatic rings. The fourth-order valence-corrected chi connectivity index (χ4v) is 3.84. The lowest BCUT2D eigenvalue weighted by molar-refractivity contribution is 0.102. The summed E-state index contributed by atoms with van der Waals surface area (Å²) in [6.45, 7) is 0. The van der Waals surface area contributed by atoms with Crippen LogP contribution in [0, 0.1) is 0 Å². The Labute approximate surface area is 152 Å². The second-order valence-corrected chi connectivity index (χ2v) is 6.69. The summed E-state index contributed by atoms with van der Waals surface area (Å²) in [4.78, 5) is 12.8. The molecule has 5 rings (SSSR count). The molecule has 0 fully saturated rings. The molecule has 0 saturated carbocycles. The van der Waals surface area contributed by atoms with Crippen molar-refractivity contribution in [2.24, 2.45) is 0 Å². The quantitative estimate of drug-likeness (QED) is 0.443. The second-order valence-electron chi connectivity index (χ2n) is 6.69. The van der Waals surface area contributed by atoms with Gasteiger partial charge in [-0.2, -0.15) is 0 Å².